The highest BCUT2D eigenvalue weighted by Gasteiger charge is 2.30. The molecule has 1 aromatic heterocycles. The highest BCUT2D eigenvalue weighted by molar-refractivity contribution is 7.15. The van der Waals surface area contributed by atoms with Gasteiger partial charge in [0.15, 0.2) is 0 Å². The van der Waals surface area contributed by atoms with Gasteiger partial charge in [-0.15, -0.1) is 11.3 Å². The molecule has 1 unspecified atom stereocenters. The van der Waals surface area contributed by atoms with Crippen LogP contribution in [0.15, 0.2) is 36.4 Å². The van der Waals surface area contributed by atoms with Crippen LogP contribution in [0.2, 0.25) is 0 Å². The predicted molar refractivity (Wildman–Crippen MR) is 81.5 cm³/mol. The molecule has 1 aromatic carbocycles. The highest BCUT2D eigenvalue weighted by atomic mass is 32.1. The zero-order valence-corrected chi connectivity index (χ0v) is 12.8. The zero-order chi connectivity index (χ0) is 15.5. The summed E-state index contributed by atoms with van der Waals surface area (Å²) in [5.74, 6) is 0. The molecule has 2 rings (SSSR count). The summed E-state index contributed by atoms with van der Waals surface area (Å²) in [5.41, 5.74) is 0.211. The van der Waals surface area contributed by atoms with Crippen molar-refractivity contribution < 1.29 is 13.2 Å². The minimum atomic E-state index is -4.28. The largest absolute Gasteiger partial charge is 0.416 e. The Morgan fingerprint density at radius 2 is 1.76 bits per heavy atom. The van der Waals surface area contributed by atoms with Crippen molar-refractivity contribution in [2.75, 3.05) is 6.54 Å². The molecule has 2 aromatic rings. The summed E-state index contributed by atoms with van der Waals surface area (Å²) in [5, 5.41) is 3.40. The SMILES string of the molecule is CCCNC(C)c1ccc(-c2ccc(C(F)(F)F)cc2)s1. The highest BCUT2D eigenvalue weighted by Crippen LogP contribution is 2.34. The van der Waals surface area contributed by atoms with Crippen molar-refractivity contribution in [1.82, 2.24) is 5.32 Å². The van der Waals surface area contributed by atoms with Gasteiger partial charge in [0.2, 0.25) is 0 Å². The van der Waals surface area contributed by atoms with Crippen molar-refractivity contribution in [1.29, 1.82) is 0 Å². The van der Waals surface area contributed by atoms with E-state index in [4.69, 9.17) is 0 Å². The number of benzene rings is 1. The van der Waals surface area contributed by atoms with Gasteiger partial charge in [-0.3, -0.25) is 0 Å². The third kappa shape index (κ3) is 4.08. The molecule has 114 valence electrons. The molecule has 5 heteroatoms. The lowest BCUT2D eigenvalue weighted by atomic mass is 10.1. The molecule has 0 spiro atoms. The maximum atomic E-state index is 12.5. The van der Waals surface area contributed by atoms with Crippen LogP contribution in [0.5, 0.6) is 0 Å². The van der Waals surface area contributed by atoms with Gasteiger partial charge in [-0.1, -0.05) is 19.1 Å². The fraction of sp³-hybridized carbons (Fsp3) is 0.375. The van der Waals surface area contributed by atoms with Crippen LogP contribution in [0.3, 0.4) is 0 Å². The topological polar surface area (TPSA) is 12.0 Å². The third-order valence-corrected chi connectivity index (χ3v) is 4.57. The maximum absolute atomic E-state index is 12.5. The van der Waals surface area contributed by atoms with Crippen molar-refractivity contribution in [2.24, 2.45) is 0 Å². The van der Waals surface area contributed by atoms with E-state index in [1.165, 1.54) is 17.0 Å². The Morgan fingerprint density at radius 1 is 1.10 bits per heavy atom. The van der Waals surface area contributed by atoms with Gasteiger partial charge in [-0.25, -0.2) is 0 Å². The van der Waals surface area contributed by atoms with Gasteiger partial charge in [0.1, 0.15) is 0 Å². The minimum Gasteiger partial charge on any atom is -0.309 e. The van der Waals surface area contributed by atoms with E-state index in [0.717, 1.165) is 35.5 Å². The van der Waals surface area contributed by atoms with Crippen LogP contribution >= 0.6 is 11.3 Å². The van der Waals surface area contributed by atoms with Gasteiger partial charge in [-0.2, -0.15) is 13.2 Å². The second-order valence-electron chi connectivity index (χ2n) is 4.95. The molecule has 0 aliphatic carbocycles. The fourth-order valence-electron chi connectivity index (χ4n) is 2.03. The molecule has 0 radical (unpaired) electrons. The number of halogens is 3. The van der Waals surface area contributed by atoms with Gasteiger partial charge < -0.3 is 5.32 Å². The van der Waals surface area contributed by atoms with Gasteiger partial charge >= 0.3 is 6.18 Å². The molecule has 0 saturated heterocycles. The standard InChI is InChI=1S/C16H18F3NS/c1-3-10-20-11(2)14-8-9-15(21-14)12-4-6-13(7-5-12)16(17,18)19/h4-9,11,20H,3,10H2,1-2H3. The van der Waals surface area contributed by atoms with Crippen LogP contribution in [0.4, 0.5) is 13.2 Å². The molecule has 21 heavy (non-hydrogen) atoms. The van der Waals surface area contributed by atoms with Gasteiger partial charge in [0, 0.05) is 15.8 Å². The van der Waals surface area contributed by atoms with E-state index in [1.54, 1.807) is 11.3 Å². The first-order chi connectivity index (χ1) is 9.91. The number of hydrogen-bond acceptors (Lipinski definition) is 2. The molecule has 0 fully saturated rings. The molecule has 1 atom stereocenters. The van der Waals surface area contributed by atoms with Gasteiger partial charge in [-0.05, 0) is 49.7 Å². The Balaban J connectivity index is 2.14. The van der Waals surface area contributed by atoms with Crippen LogP contribution in [-0.4, -0.2) is 6.54 Å². The Hall–Kier alpha value is -1.33. The first-order valence-electron chi connectivity index (χ1n) is 6.92. The monoisotopic (exact) mass is 313 g/mol. The molecule has 1 heterocycles. The number of hydrogen-bond donors (Lipinski definition) is 1. The fourth-order valence-corrected chi connectivity index (χ4v) is 3.07. The molecular weight excluding hydrogens is 295 g/mol. The van der Waals surface area contributed by atoms with Gasteiger partial charge in [0.05, 0.1) is 5.56 Å². The molecule has 0 bridgehead atoms. The van der Waals surface area contributed by atoms with E-state index in [9.17, 15) is 13.2 Å². The number of rotatable bonds is 5. The average Bonchev–Trinajstić information content (AvgIpc) is 2.94. The van der Waals surface area contributed by atoms with E-state index in [2.05, 4.69) is 19.2 Å². The smallest absolute Gasteiger partial charge is 0.309 e. The van der Waals surface area contributed by atoms with E-state index < -0.39 is 11.7 Å². The second-order valence-corrected chi connectivity index (χ2v) is 6.07. The summed E-state index contributed by atoms with van der Waals surface area (Å²) in [7, 11) is 0. The molecular formula is C16H18F3NS. The Morgan fingerprint density at radius 3 is 2.33 bits per heavy atom. The van der Waals surface area contributed by atoms with E-state index >= 15 is 0 Å². The molecule has 0 amide bonds. The quantitative estimate of drug-likeness (QED) is 0.769. The minimum absolute atomic E-state index is 0.262. The van der Waals surface area contributed by atoms with Crippen molar-refractivity contribution >= 4 is 11.3 Å². The summed E-state index contributed by atoms with van der Waals surface area (Å²) in [6.45, 7) is 5.16. The van der Waals surface area contributed by atoms with Crippen LogP contribution in [0.25, 0.3) is 10.4 Å². The van der Waals surface area contributed by atoms with Crippen LogP contribution < -0.4 is 5.32 Å². The predicted octanol–water partition coefficient (Wildman–Crippen LogP) is 5.49. The lowest BCUT2D eigenvalue weighted by Crippen LogP contribution is -2.18. The maximum Gasteiger partial charge on any atom is 0.416 e. The van der Waals surface area contributed by atoms with Crippen molar-refractivity contribution in [2.45, 2.75) is 32.5 Å². The molecule has 0 saturated carbocycles. The summed E-state index contributed by atoms with van der Waals surface area (Å²) in [4.78, 5) is 2.18. The van der Waals surface area contributed by atoms with Crippen molar-refractivity contribution in [3.05, 3.63) is 46.8 Å². The van der Waals surface area contributed by atoms with E-state index in [0.29, 0.717) is 0 Å². The summed E-state index contributed by atoms with van der Waals surface area (Å²) < 4.78 is 37.6. The van der Waals surface area contributed by atoms with Crippen LogP contribution in [-0.2, 0) is 6.18 Å². The van der Waals surface area contributed by atoms with Crippen molar-refractivity contribution in [3.8, 4) is 10.4 Å². The van der Waals surface area contributed by atoms with Gasteiger partial charge in [0.25, 0.3) is 0 Å². The first kappa shape index (κ1) is 16.0. The summed E-state index contributed by atoms with van der Waals surface area (Å²) in [6, 6.07) is 9.59. The van der Waals surface area contributed by atoms with Crippen LogP contribution in [0.1, 0.15) is 36.8 Å². The Bertz CT molecular complexity index is 572. The number of nitrogens with one attached hydrogen (secondary N) is 1. The third-order valence-electron chi connectivity index (χ3n) is 3.25. The molecule has 0 aliphatic rings. The summed E-state index contributed by atoms with van der Waals surface area (Å²) in [6.07, 6.45) is -3.21. The second kappa shape index (κ2) is 6.62. The molecule has 1 nitrogen and oxygen atoms in total. The van der Waals surface area contributed by atoms with E-state index in [1.807, 2.05) is 12.1 Å². The van der Waals surface area contributed by atoms with Crippen molar-refractivity contribution in [3.63, 3.8) is 0 Å². The molecule has 0 aliphatic heterocycles. The molecule has 1 N–H and O–H groups in total. The van der Waals surface area contributed by atoms with E-state index in [-0.39, 0.29) is 6.04 Å². The lowest BCUT2D eigenvalue weighted by Gasteiger charge is -2.10. The summed E-state index contributed by atoms with van der Waals surface area (Å²) >= 11 is 1.61. The Labute approximate surface area is 126 Å². The average molecular weight is 313 g/mol. The Kier molecular flexibility index (Phi) is 5.06. The zero-order valence-electron chi connectivity index (χ0n) is 12.0. The number of thiophene rings is 1. The normalized spacial score (nSPS) is 13.4. The van der Waals surface area contributed by atoms with Crippen LogP contribution in [0, 0.1) is 0 Å². The lowest BCUT2D eigenvalue weighted by molar-refractivity contribution is -0.137. The number of alkyl halides is 3. The first-order valence-corrected chi connectivity index (χ1v) is 7.74.